The Morgan fingerprint density at radius 1 is 1.03 bits per heavy atom. The molecule has 4 amide bonds. The summed E-state index contributed by atoms with van der Waals surface area (Å²) in [7, 11) is 0. The lowest BCUT2D eigenvalue weighted by Gasteiger charge is -2.36. The van der Waals surface area contributed by atoms with E-state index in [0.29, 0.717) is 48.7 Å². The van der Waals surface area contributed by atoms with Crippen molar-refractivity contribution in [1.82, 2.24) is 10.2 Å². The van der Waals surface area contributed by atoms with Gasteiger partial charge in [-0.25, -0.2) is 4.39 Å². The first-order valence-corrected chi connectivity index (χ1v) is 19.5. The van der Waals surface area contributed by atoms with Crippen LogP contribution in [0.1, 0.15) is 69.6 Å². The third-order valence-electron chi connectivity index (χ3n) is 10.9. The number of benzene rings is 3. The predicted octanol–water partition coefficient (Wildman–Crippen LogP) is 6.41. The molecule has 58 heavy (non-hydrogen) atoms. The van der Waals surface area contributed by atoms with Gasteiger partial charge in [-0.15, -0.1) is 12.6 Å². The number of halogens is 4. The molecule has 0 spiro atoms. The molecule has 0 saturated carbocycles. The Labute approximate surface area is 339 Å². The maximum Gasteiger partial charge on any atom is 0.417 e. The number of imide groups is 1. The molecule has 3 N–H and O–H groups in total. The summed E-state index contributed by atoms with van der Waals surface area (Å²) >= 11 is 4.69. The fourth-order valence-electron chi connectivity index (χ4n) is 7.59. The summed E-state index contributed by atoms with van der Waals surface area (Å²) < 4.78 is 63.4. The molecule has 3 aliphatic heterocycles. The Morgan fingerprint density at radius 2 is 1.74 bits per heavy atom. The lowest BCUT2D eigenvalue weighted by Crippen LogP contribution is -2.47. The number of hydrogen-bond donors (Lipinski definition) is 4. The van der Waals surface area contributed by atoms with Crippen LogP contribution in [0.5, 0.6) is 5.75 Å². The summed E-state index contributed by atoms with van der Waals surface area (Å²) in [6, 6.07) is 16.4. The SMILES string of the molecule is CCc1cc(N2C(S)N(c3ccc(C#N)c(C(F)(F)F)c3)C(=O)C2(C)C)ccc1OCCC1(F)CCN(CC(=O)Nc2cccc(NC3CCC(=O)NC3=O)c2)CC1. The second kappa shape index (κ2) is 16.9. The molecule has 6 rings (SSSR count). The van der Waals surface area contributed by atoms with Crippen LogP contribution in [0.25, 0.3) is 0 Å². The zero-order chi connectivity index (χ0) is 42.0. The van der Waals surface area contributed by atoms with Crippen LogP contribution in [0.15, 0.2) is 60.7 Å². The van der Waals surface area contributed by atoms with Crippen LogP contribution in [0.2, 0.25) is 0 Å². The van der Waals surface area contributed by atoms with Gasteiger partial charge in [-0.05, 0) is 99.7 Å². The van der Waals surface area contributed by atoms with Crippen molar-refractivity contribution < 1.29 is 41.5 Å². The van der Waals surface area contributed by atoms with E-state index in [0.717, 1.165) is 17.7 Å². The Kier molecular flexibility index (Phi) is 12.3. The van der Waals surface area contributed by atoms with Crippen LogP contribution >= 0.6 is 12.6 Å². The molecule has 2 atom stereocenters. The summed E-state index contributed by atoms with van der Waals surface area (Å²) in [5, 5.41) is 17.5. The number of piperidine rings is 2. The number of amides is 4. The number of anilines is 4. The number of hydrogen-bond acceptors (Lipinski definition) is 10. The standard InChI is InChI=1S/C41H45F4N7O5S/c1-4-25-20-30(52-38(58)51(37(56)39(52,2)3)29-9-8-26(23-46)31(22-29)41(43,44)45)10-12-33(25)57-19-16-40(42)14-17-50(18-15-40)24-35(54)48-28-7-5-6-27(21-28)47-32-11-13-34(53)49-36(32)55/h5-10,12,20-22,32,38,47,58H,4,11,13-19,24H2,1-3H3,(H,48,54)(H,49,53,55). The molecule has 0 aliphatic carbocycles. The second-order valence-electron chi connectivity index (χ2n) is 15.2. The van der Waals surface area contributed by atoms with Gasteiger partial charge >= 0.3 is 6.18 Å². The maximum atomic E-state index is 16.0. The molecule has 17 heteroatoms. The van der Waals surface area contributed by atoms with E-state index in [-0.39, 0.29) is 56.3 Å². The minimum absolute atomic E-state index is 0.0410. The van der Waals surface area contributed by atoms with Crippen molar-refractivity contribution in [2.45, 2.75) is 88.2 Å². The van der Waals surface area contributed by atoms with E-state index in [9.17, 15) is 37.6 Å². The van der Waals surface area contributed by atoms with Crippen molar-refractivity contribution in [2.75, 3.05) is 46.7 Å². The minimum atomic E-state index is -4.80. The van der Waals surface area contributed by atoms with Crippen LogP contribution in [-0.4, -0.2) is 77.5 Å². The number of ether oxygens (including phenoxy) is 1. The van der Waals surface area contributed by atoms with E-state index in [1.54, 1.807) is 61.2 Å². The van der Waals surface area contributed by atoms with Crippen molar-refractivity contribution in [3.63, 3.8) is 0 Å². The topological polar surface area (TPSA) is 147 Å². The molecular weight excluding hydrogens is 779 g/mol. The number of rotatable bonds is 12. The van der Waals surface area contributed by atoms with Gasteiger partial charge < -0.3 is 20.3 Å². The number of nitrogens with zero attached hydrogens (tertiary/aromatic N) is 4. The fourth-order valence-corrected chi connectivity index (χ4v) is 8.25. The van der Waals surface area contributed by atoms with Gasteiger partial charge in [0, 0.05) is 48.7 Å². The summed E-state index contributed by atoms with van der Waals surface area (Å²) in [5.41, 5.74) is -2.88. The lowest BCUT2D eigenvalue weighted by molar-refractivity contribution is -0.138. The van der Waals surface area contributed by atoms with Crippen LogP contribution in [0, 0.1) is 11.3 Å². The summed E-state index contributed by atoms with van der Waals surface area (Å²) in [6.45, 7) is 6.17. The molecule has 2 unspecified atom stereocenters. The van der Waals surface area contributed by atoms with E-state index in [2.05, 4.69) is 28.6 Å². The summed E-state index contributed by atoms with van der Waals surface area (Å²) in [6.07, 6.45) is -3.08. The maximum absolute atomic E-state index is 16.0. The summed E-state index contributed by atoms with van der Waals surface area (Å²) in [4.78, 5) is 54.9. The van der Waals surface area contributed by atoms with Gasteiger partial charge in [0.2, 0.25) is 17.7 Å². The van der Waals surface area contributed by atoms with Crippen LogP contribution in [0.3, 0.4) is 0 Å². The first-order valence-electron chi connectivity index (χ1n) is 19.0. The van der Waals surface area contributed by atoms with Crippen molar-refractivity contribution in [2.24, 2.45) is 0 Å². The number of nitriles is 1. The van der Waals surface area contributed by atoms with Gasteiger partial charge in [0.1, 0.15) is 23.0 Å². The van der Waals surface area contributed by atoms with Crippen LogP contribution in [-0.2, 0) is 31.8 Å². The number of alkyl halides is 4. The van der Waals surface area contributed by atoms with Gasteiger partial charge in [0.15, 0.2) is 5.50 Å². The molecule has 3 saturated heterocycles. The second-order valence-corrected chi connectivity index (χ2v) is 15.7. The molecule has 3 aromatic carbocycles. The normalized spacial score (nSPS) is 20.7. The molecule has 308 valence electrons. The molecular formula is C41H45F4N7O5S. The van der Waals surface area contributed by atoms with Crippen molar-refractivity contribution in [1.29, 1.82) is 5.26 Å². The molecule has 12 nitrogen and oxygen atoms in total. The number of carbonyl (C=O) groups excluding carboxylic acids is 4. The average molecular weight is 824 g/mol. The van der Waals surface area contributed by atoms with E-state index < -0.39 is 51.9 Å². The molecule has 3 aromatic rings. The Bertz CT molecular complexity index is 2120. The molecule has 3 fully saturated rings. The zero-order valence-corrected chi connectivity index (χ0v) is 33.2. The quantitative estimate of drug-likeness (QED) is 0.0925. The Hall–Kier alpha value is -5.34. The summed E-state index contributed by atoms with van der Waals surface area (Å²) in [5.74, 6) is -0.892. The Morgan fingerprint density at radius 3 is 2.41 bits per heavy atom. The highest BCUT2D eigenvalue weighted by molar-refractivity contribution is 7.81. The predicted molar refractivity (Wildman–Crippen MR) is 213 cm³/mol. The first kappa shape index (κ1) is 42.3. The van der Waals surface area contributed by atoms with Crippen molar-refractivity contribution in [3.8, 4) is 11.8 Å². The van der Waals surface area contributed by atoms with Gasteiger partial charge in [0.25, 0.3) is 5.91 Å². The van der Waals surface area contributed by atoms with Crippen LogP contribution < -0.4 is 30.5 Å². The first-order chi connectivity index (χ1) is 27.4. The smallest absolute Gasteiger partial charge is 0.417 e. The third-order valence-corrected chi connectivity index (χ3v) is 11.3. The molecule has 0 aromatic heterocycles. The highest BCUT2D eigenvalue weighted by Gasteiger charge is 2.52. The number of likely N-dealkylation sites (tertiary alicyclic amines) is 1. The van der Waals surface area contributed by atoms with E-state index >= 15 is 4.39 Å². The lowest BCUT2D eigenvalue weighted by atomic mass is 9.90. The molecule has 3 aliphatic rings. The molecule has 3 heterocycles. The zero-order valence-electron chi connectivity index (χ0n) is 32.3. The largest absolute Gasteiger partial charge is 0.493 e. The van der Waals surface area contributed by atoms with E-state index in [1.165, 1.54) is 11.0 Å². The Balaban J connectivity index is 1.01. The van der Waals surface area contributed by atoms with Crippen LogP contribution in [0.4, 0.5) is 40.3 Å². The molecule has 0 bridgehead atoms. The number of aryl methyl sites for hydroxylation is 1. The fraction of sp³-hybridized carbons (Fsp3) is 0.439. The van der Waals surface area contributed by atoms with Gasteiger partial charge in [-0.2, -0.15) is 18.4 Å². The van der Waals surface area contributed by atoms with Gasteiger partial charge in [-0.1, -0.05) is 13.0 Å². The average Bonchev–Trinajstić information content (AvgIpc) is 3.35. The number of nitrogens with one attached hydrogen (secondary N) is 3. The van der Waals surface area contributed by atoms with E-state index in [1.807, 2.05) is 17.9 Å². The molecule has 0 radical (unpaired) electrons. The minimum Gasteiger partial charge on any atom is -0.493 e. The highest BCUT2D eigenvalue weighted by atomic mass is 32.1. The third kappa shape index (κ3) is 9.18. The van der Waals surface area contributed by atoms with Gasteiger partial charge in [-0.3, -0.25) is 34.3 Å². The highest BCUT2D eigenvalue weighted by Crippen LogP contribution is 2.43. The number of thiol groups is 1. The van der Waals surface area contributed by atoms with Crippen molar-refractivity contribution >= 4 is 59.0 Å². The van der Waals surface area contributed by atoms with Crippen molar-refractivity contribution in [3.05, 3.63) is 77.4 Å². The van der Waals surface area contributed by atoms with Gasteiger partial charge in [0.05, 0.1) is 30.3 Å². The number of carbonyl (C=O) groups is 4. The van der Waals surface area contributed by atoms with E-state index in [4.69, 9.17) is 4.74 Å². The monoisotopic (exact) mass is 823 g/mol.